The van der Waals surface area contributed by atoms with Crippen LogP contribution >= 0.6 is 0 Å². The molecule has 0 aliphatic heterocycles. The summed E-state index contributed by atoms with van der Waals surface area (Å²) in [7, 11) is 0. The summed E-state index contributed by atoms with van der Waals surface area (Å²) < 4.78 is 4.67. The van der Waals surface area contributed by atoms with Gasteiger partial charge in [-0.15, -0.1) is 0 Å². The molecule has 3 saturated carbocycles. The summed E-state index contributed by atoms with van der Waals surface area (Å²) in [6, 6.07) is 0. The Labute approximate surface area is 167 Å². The van der Waals surface area contributed by atoms with Gasteiger partial charge in [-0.25, -0.2) is 4.79 Å². The Morgan fingerprint density at radius 1 is 1.25 bits per heavy atom. The fourth-order valence-corrected chi connectivity index (χ4v) is 7.11. The van der Waals surface area contributed by atoms with Crippen molar-refractivity contribution in [2.75, 3.05) is 0 Å². The summed E-state index contributed by atoms with van der Waals surface area (Å²) in [5, 5.41) is 8.80. The number of hydrogen-bond acceptors (Lipinski definition) is 3. The fourth-order valence-electron chi connectivity index (χ4n) is 7.11. The average molecular weight is 383 g/mol. The number of hydrogen-bond donors (Lipinski definition) is 1. The van der Waals surface area contributed by atoms with Gasteiger partial charge in [0, 0.05) is 12.3 Å². The maximum Gasteiger partial charge on any atom is 0.510 e. The van der Waals surface area contributed by atoms with Gasteiger partial charge in [-0.3, -0.25) is 4.79 Å². The smallest absolute Gasteiger partial charge is 0.449 e. The predicted octanol–water partition coefficient (Wildman–Crippen LogP) is 5.68. The minimum atomic E-state index is -1.29. The van der Waals surface area contributed by atoms with Gasteiger partial charge in [0.15, 0.2) is 5.78 Å². The molecule has 0 heterocycles. The van der Waals surface area contributed by atoms with Crippen LogP contribution in [-0.2, 0) is 9.53 Å². The maximum atomic E-state index is 11.9. The van der Waals surface area contributed by atoms with E-state index in [1.165, 1.54) is 11.8 Å². The van der Waals surface area contributed by atoms with Gasteiger partial charge in [0.1, 0.15) is 0 Å². The molecule has 4 aliphatic carbocycles. The van der Waals surface area contributed by atoms with Crippen LogP contribution in [0.1, 0.15) is 51.9 Å². The second kappa shape index (κ2) is 7.06. The molecule has 6 atom stereocenters. The van der Waals surface area contributed by atoms with Crippen LogP contribution < -0.4 is 0 Å². The highest BCUT2D eigenvalue weighted by Gasteiger charge is 2.59. The van der Waals surface area contributed by atoms with E-state index in [0.717, 1.165) is 49.7 Å². The van der Waals surface area contributed by atoms with Crippen molar-refractivity contribution in [1.29, 1.82) is 0 Å². The Balaban J connectivity index is 1.66. The molecule has 0 radical (unpaired) electrons. The number of carbonyl (C=O) groups is 2. The van der Waals surface area contributed by atoms with Crippen molar-refractivity contribution in [2.45, 2.75) is 51.9 Å². The number of fused-ring (bicyclic) bond motifs is 5. The zero-order chi connectivity index (χ0) is 20.1. The van der Waals surface area contributed by atoms with Crippen molar-refractivity contribution in [2.24, 2.45) is 35.0 Å². The minimum Gasteiger partial charge on any atom is -0.449 e. The highest BCUT2D eigenvalue weighted by molar-refractivity contribution is 5.91. The van der Waals surface area contributed by atoms with Crippen LogP contribution in [-0.4, -0.2) is 17.0 Å². The van der Waals surface area contributed by atoms with E-state index in [9.17, 15) is 9.59 Å². The molecule has 0 aromatic heterocycles. The van der Waals surface area contributed by atoms with Crippen LogP contribution in [0.5, 0.6) is 0 Å². The van der Waals surface area contributed by atoms with Crippen LogP contribution in [0.3, 0.4) is 0 Å². The van der Waals surface area contributed by atoms with Crippen LogP contribution in [0.25, 0.3) is 0 Å². The number of ketones is 1. The monoisotopic (exact) mass is 382 g/mol. The standard InChI is InChI=1S/C24H30O4/c1-4-24-11-9-19-18-8-6-17(25)13-16(18)5-7-20(19)22(24)15(3)14(2)21(24)10-12-28-23(26)27/h10,12-13,18-22H,2-9,11H2,1H3,(H,26,27)/b12-10-/t18-,19+,20+,21+,22-,24+/m0/s1. The van der Waals surface area contributed by atoms with E-state index in [2.05, 4.69) is 24.8 Å². The molecule has 0 aromatic carbocycles. The van der Waals surface area contributed by atoms with Gasteiger partial charge in [0.05, 0.1) is 6.26 Å². The lowest BCUT2D eigenvalue weighted by Gasteiger charge is -2.54. The molecule has 0 aromatic rings. The lowest BCUT2D eigenvalue weighted by atomic mass is 9.50. The lowest BCUT2D eigenvalue weighted by molar-refractivity contribution is -0.116. The van der Waals surface area contributed by atoms with E-state index in [1.807, 2.05) is 12.2 Å². The summed E-state index contributed by atoms with van der Waals surface area (Å²) in [4.78, 5) is 22.6. The average Bonchev–Trinajstić information content (AvgIpc) is 2.89. The van der Waals surface area contributed by atoms with Crippen molar-refractivity contribution in [3.05, 3.63) is 48.3 Å². The molecule has 4 nitrogen and oxygen atoms in total. The maximum absolute atomic E-state index is 11.9. The second-order valence-electron chi connectivity index (χ2n) is 9.04. The van der Waals surface area contributed by atoms with E-state index >= 15 is 0 Å². The third-order valence-corrected chi connectivity index (χ3v) is 8.23. The van der Waals surface area contributed by atoms with Crippen LogP contribution in [0, 0.1) is 35.0 Å². The van der Waals surface area contributed by atoms with Gasteiger partial charge in [-0.1, -0.05) is 25.7 Å². The Bertz CT molecular complexity index is 788. The zero-order valence-electron chi connectivity index (χ0n) is 16.7. The van der Waals surface area contributed by atoms with Crippen molar-refractivity contribution in [3.63, 3.8) is 0 Å². The van der Waals surface area contributed by atoms with Gasteiger partial charge in [-0.2, -0.15) is 0 Å². The van der Waals surface area contributed by atoms with E-state index in [0.29, 0.717) is 35.9 Å². The summed E-state index contributed by atoms with van der Waals surface area (Å²) in [5.74, 6) is 2.53. The first-order chi connectivity index (χ1) is 13.4. The topological polar surface area (TPSA) is 63.6 Å². The Morgan fingerprint density at radius 2 is 2.04 bits per heavy atom. The largest absolute Gasteiger partial charge is 0.510 e. The van der Waals surface area contributed by atoms with E-state index in [1.54, 1.807) is 0 Å². The molecular weight excluding hydrogens is 352 g/mol. The highest BCUT2D eigenvalue weighted by Crippen LogP contribution is 2.67. The first kappa shape index (κ1) is 19.2. The Morgan fingerprint density at radius 3 is 2.75 bits per heavy atom. The van der Waals surface area contributed by atoms with Gasteiger partial charge in [-0.05, 0) is 90.9 Å². The number of carbonyl (C=O) groups excluding carboxylic acids is 1. The minimum absolute atomic E-state index is 0.0550. The normalized spacial score (nSPS) is 40.0. The van der Waals surface area contributed by atoms with Crippen molar-refractivity contribution < 1.29 is 19.4 Å². The molecule has 1 N–H and O–H groups in total. The van der Waals surface area contributed by atoms with Gasteiger partial charge < -0.3 is 9.84 Å². The molecule has 0 spiro atoms. The van der Waals surface area contributed by atoms with Crippen molar-refractivity contribution in [1.82, 2.24) is 0 Å². The number of carboxylic acid groups (broad SMARTS) is 1. The SMILES string of the molecule is C=C1C(=C)[C@H]2[C@@H]3CCC4=CC(=O)CC[C@@H]4[C@H]3CC[C@]2(CC)[C@@H]1/C=C\OC(=O)O. The van der Waals surface area contributed by atoms with Crippen molar-refractivity contribution >= 4 is 11.9 Å². The third kappa shape index (κ3) is 2.80. The van der Waals surface area contributed by atoms with Crippen LogP contribution in [0.2, 0.25) is 0 Å². The molecule has 28 heavy (non-hydrogen) atoms. The molecule has 4 heteroatoms. The predicted molar refractivity (Wildman–Crippen MR) is 107 cm³/mol. The molecular formula is C24H30O4. The quantitative estimate of drug-likeness (QED) is 0.504. The van der Waals surface area contributed by atoms with Gasteiger partial charge >= 0.3 is 6.16 Å². The molecule has 4 rings (SSSR count). The van der Waals surface area contributed by atoms with E-state index < -0.39 is 6.16 Å². The molecule has 0 bridgehead atoms. The van der Waals surface area contributed by atoms with Gasteiger partial charge in [0.25, 0.3) is 0 Å². The number of rotatable bonds is 3. The summed E-state index contributed by atoms with van der Waals surface area (Å²) in [6.45, 7) is 11.0. The Kier molecular flexibility index (Phi) is 4.84. The van der Waals surface area contributed by atoms with Gasteiger partial charge in [0.2, 0.25) is 0 Å². The Hall–Kier alpha value is -2.10. The fraction of sp³-hybridized carbons (Fsp3) is 0.583. The molecule has 3 fully saturated rings. The molecule has 0 saturated heterocycles. The number of ether oxygens (including phenoxy) is 1. The first-order valence-electron chi connectivity index (χ1n) is 10.6. The lowest BCUT2D eigenvalue weighted by Crippen LogP contribution is -2.47. The molecule has 0 amide bonds. The summed E-state index contributed by atoms with van der Waals surface area (Å²) in [5.41, 5.74) is 3.63. The molecule has 0 unspecified atom stereocenters. The molecule has 150 valence electrons. The van der Waals surface area contributed by atoms with Crippen LogP contribution in [0.4, 0.5) is 4.79 Å². The van der Waals surface area contributed by atoms with Crippen LogP contribution in [0.15, 0.2) is 48.3 Å². The highest BCUT2D eigenvalue weighted by atomic mass is 16.7. The second-order valence-corrected chi connectivity index (χ2v) is 9.04. The summed E-state index contributed by atoms with van der Waals surface area (Å²) in [6.07, 6.45) is 10.9. The first-order valence-corrected chi connectivity index (χ1v) is 10.6. The molecule has 4 aliphatic rings. The van der Waals surface area contributed by atoms with Crippen molar-refractivity contribution in [3.8, 4) is 0 Å². The summed E-state index contributed by atoms with van der Waals surface area (Å²) >= 11 is 0. The zero-order valence-corrected chi connectivity index (χ0v) is 16.7. The van der Waals surface area contributed by atoms with E-state index in [4.69, 9.17) is 5.11 Å². The number of allylic oxidation sites excluding steroid dienone is 4. The van der Waals surface area contributed by atoms with E-state index in [-0.39, 0.29) is 11.3 Å². The third-order valence-electron chi connectivity index (χ3n) is 8.23.